The topological polar surface area (TPSA) is 119 Å². The summed E-state index contributed by atoms with van der Waals surface area (Å²) in [5.41, 5.74) is 2.59. The SMILES string of the molecule is [Br-].[C-]#[O+].[C-]#[O+].[C-]#[O+].[C-]#[O+].[C-]#[O+].[C-]#[O+].[Cr].[Mo].c1ccc(-[c-]2cccc2)cc1. The van der Waals surface area contributed by atoms with Gasteiger partial charge in [-0.15, -0.1) is 29.8 Å². The van der Waals surface area contributed by atoms with Gasteiger partial charge >= 0.3 is 67.8 Å². The Hall–Kier alpha value is -1.29. The van der Waals surface area contributed by atoms with Crippen molar-refractivity contribution in [2.24, 2.45) is 0 Å². The summed E-state index contributed by atoms with van der Waals surface area (Å²) >= 11 is 0. The molecule has 2 aromatic rings. The zero-order valence-electron chi connectivity index (χ0n) is 12.8. The van der Waals surface area contributed by atoms with Crippen molar-refractivity contribution in [1.82, 2.24) is 0 Å². The van der Waals surface area contributed by atoms with Crippen LogP contribution >= 0.6 is 0 Å². The summed E-state index contributed by atoms with van der Waals surface area (Å²) in [4.78, 5) is 0. The fourth-order valence-electron chi connectivity index (χ4n) is 1.20. The molecule has 0 unspecified atom stereocenters. The quantitative estimate of drug-likeness (QED) is 0.273. The van der Waals surface area contributed by atoms with Crippen LogP contribution in [0.4, 0.5) is 0 Å². The van der Waals surface area contributed by atoms with Crippen molar-refractivity contribution in [2.75, 3.05) is 0 Å². The maximum Gasteiger partial charge on any atom is 0 e. The van der Waals surface area contributed by atoms with Crippen molar-refractivity contribution in [1.29, 1.82) is 0 Å². The van der Waals surface area contributed by atoms with Gasteiger partial charge in [0.1, 0.15) is 0 Å². The first-order valence-electron chi connectivity index (χ1n) is 4.96. The van der Waals surface area contributed by atoms with Crippen molar-refractivity contribution in [2.45, 2.75) is 0 Å². The van der Waals surface area contributed by atoms with E-state index in [4.69, 9.17) is 27.9 Å². The van der Waals surface area contributed by atoms with Crippen LogP contribution in [0, 0.1) is 39.9 Å². The molecule has 0 atom stereocenters. The van der Waals surface area contributed by atoms with Gasteiger partial charge in [0.15, 0.2) is 0 Å². The third-order valence-corrected chi connectivity index (χ3v) is 1.77. The molecule has 0 amide bonds. The molecule has 26 heavy (non-hydrogen) atoms. The first kappa shape index (κ1) is 49.7. The molecule has 0 aliphatic carbocycles. The molecule has 6 nitrogen and oxygen atoms in total. The Morgan fingerprint density at radius 2 is 0.808 bits per heavy atom. The predicted octanol–water partition coefficient (Wildman–Crippen LogP) is -0.154. The van der Waals surface area contributed by atoms with Crippen molar-refractivity contribution in [3.05, 3.63) is 94.5 Å². The Bertz CT molecular complexity index is 513. The van der Waals surface area contributed by atoms with Crippen LogP contribution in [0.5, 0.6) is 0 Å². The van der Waals surface area contributed by atoms with Gasteiger partial charge in [-0.1, -0.05) is 23.8 Å². The summed E-state index contributed by atoms with van der Waals surface area (Å²) in [6, 6.07) is 18.7. The Labute approximate surface area is 188 Å². The molecular formula is C17H9BrCrMoO6-2. The first-order chi connectivity index (χ1) is 11.5. The van der Waals surface area contributed by atoms with Crippen molar-refractivity contribution < 1.29 is 83.3 Å². The van der Waals surface area contributed by atoms with E-state index in [1.807, 2.05) is 6.07 Å². The van der Waals surface area contributed by atoms with E-state index in [0.717, 1.165) is 0 Å². The Morgan fingerprint density at radius 3 is 1.08 bits per heavy atom. The zero-order chi connectivity index (χ0) is 19.5. The van der Waals surface area contributed by atoms with Crippen LogP contribution in [-0.2, 0) is 66.3 Å². The van der Waals surface area contributed by atoms with Gasteiger partial charge in [-0.2, -0.15) is 12.1 Å². The van der Waals surface area contributed by atoms with Crippen LogP contribution in [0.25, 0.3) is 11.1 Å². The fourth-order valence-corrected chi connectivity index (χ4v) is 1.20. The summed E-state index contributed by atoms with van der Waals surface area (Å²) < 4.78 is 45.0. The van der Waals surface area contributed by atoms with Crippen LogP contribution in [-0.4, -0.2) is 0 Å². The summed E-state index contributed by atoms with van der Waals surface area (Å²) in [6.07, 6.45) is 0. The van der Waals surface area contributed by atoms with Crippen LogP contribution in [0.15, 0.2) is 54.6 Å². The maximum atomic E-state index is 7.50. The molecule has 0 radical (unpaired) electrons. The number of benzene rings is 1. The van der Waals surface area contributed by atoms with E-state index in [-0.39, 0.29) is 55.4 Å². The molecule has 0 aromatic heterocycles. The summed E-state index contributed by atoms with van der Waals surface area (Å²) in [5.74, 6) is 0. The van der Waals surface area contributed by atoms with E-state index in [9.17, 15) is 0 Å². The standard InChI is InChI=1S/C11H9.6CO.BrH.Cr.Mo/c1-2-6-10(7-3-1)11-8-4-5-9-11;6*1-2;;;/h1-9H;;;;;;;1H;;/q-1;;;;;;;;;/p-1. The number of halogens is 1. The Balaban J connectivity index is -0.0000000315. The summed E-state index contributed by atoms with van der Waals surface area (Å²) in [5, 5.41) is 0. The molecule has 0 N–H and O–H groups in total. The van der Waals surface area contributed by atoms with E-state index < -0.39 is 0 Å². The molecule has 0 saturated carbocycles. The van der Waals surface area contributed by atoms with Crippen LogP contribution in [0.1, 0.15) is 0 Å². The molecule has 9 heteroatoms. The van der Waals surface area contributed by atoms with Gasteiger partial charge < -0.3 is 17.0 Å². The summed E-state index contributed by atoms with van der Waals surface area (Å²) in [7, 11) is 0. The van der Waals surface area contributed by atoms with Crippen LogP contribution < -0.4 is 17.0 Å². The minimum Gasteiger partial charge on any atom is -0.152 e. The molecule has 2 rings (SSSR count). The predicted molar refractivity (Wildman–Crippen MR) is 71.0 cm³/mol. The van der Waals surface area contributed by atoms with E-state index in [0.29, 0.717) is 0 Å². The molecule has 0 saturated heterocycles. The molecule has 134 valence electrons. The Kier molecular flexibility index (Phi) is 124. The van der Waals surface area contributed by atoms with Gasteiger partial charge in [-0.25, -0.2) is 0 Å². The average molecular weight is 537 g/mol. The van der Waals surface area contributed by atoms with E-state index in [2.05, 4.69) is 88.4 Å². The van der Waals surface area contributed by atoms with E-state index in [1.54, 1.807) is 0 Å². The van der Waals surface area contributed by atoms with Crippen LogP contribution in [0.3, 0.4) is 0 Å². The zero-order valence-corrected chi connectivity index (χ0v) is 17.7. The molecular weight excluding hydrogens is 528 g/mol. The van der Waals surface area contributed by atoms with Gasteiger partial charge in [0, 0.05) is 38.4 Å². The monoisotopic (exact) mass is 538 g/mol. The third-order valence-electron chi connectivity index (χ3n) is 1.77. The first-order valence-corrected chi connectivity index (χ1v) is 4.96. The van der Waals surface area contributed by atoms with Crippen molar-refractivity contribution >= 4 is 0 Å². The van der Waals surface area contributed by atoms with Gasteiger partial charge in [0.25, 0.3) is 0 Å². The second-order valence-corrected chi connectivity index (χ2v) is 2.54. The fraction of sp³-hybridized carbons (Fsp3) is 0. The summed E-state index contributed by atoms with van der Waals surface area (Å²) in [6.45, 7) is 27.0. The minimum absolute atomic E-state index is 0. The third kappa shape index (κ3) is 34.1. The molecule has 2 aromatic carbocycles. The van der Waals surface area contributed by atoms with E-state index >= 15 is 0 Å². The number of hydrogen-bond acceptors (Lipinski definition) is 0. The van der Waals surface area contributed by atoms with Gasteiger partial charge in [0.2, 0.25) is 0 Å². The second kappa shape index (κ2) is 65.1. The van der Waals surface area contributed by atoms with Crippen molar-refractivity contribution in [3.63, 3.8) is 0 Å². The molecule has 0 aliphatic heterocycles. The molecule has 0 heterocycles. The molecule has 0 bridgehead atoms. The van der Waals surface area contributed by atoms with E-state index in [1.165, 1.54) is 11.1 Å². The molecule has 0 spiro atoms. The van der Waals surface area contributed by atoms with Gasteiger partial charge in [0.05, 0.1) is 0 Å². The maximum absolute atomic E-state index is 7.50. The van der Waals surface area contributed by atoms with Crippen molar-refractivity contribution in [3.8, 4) is 11.1 Å². The molecule has 0 fully saturated rings. The number of rotatable bonds is 1. The average Bonchev–Trinajstić information content (AvgIpc) is 3.27. The smallest absolute Gasteiger partial charge is 0 e. The van der Waals surface area contributed by atoms with Gasteiger partial charge in [-0.3, -0.25) is 0 Å². The second-order valence-electron chi connectivity index (χ2n) is 2.54. The number of hydrogen-bond donors (Lipinski definition) is 0. The Morgan fingerprint density at radius 1 is 0.538 bits per heavy atom. The van der Waals surface area contributed by atoms with Gasteiger partial charge in [-0.05, 0) is 0 Å². The molecule has 0 aliphatic rings. The van der Waals surface area contributed by atoms with Crippen LogP contribution in [0.2, 0.25) is 0 Å². The normalized spacial score (nSPS) is 4.62. The largest absolute Gasteiger partial charge is 0.152 e. The minimum atomic E-state index is 0.